The Bertz CT molecular complexity index is 1020. The number of fused-ring (bicyclic) bond motifs is 1. The van der Waals surface area contributed by atoms with Crippen molar-refractivity contribution in [3.63, 3.8) is 0 Å². The van der Waals surface area contributed by atoms with Crippen molar-refractivity contribution >= 4 is 23.2 Å². The molecule has 1 amide bonds. The van der Waals surface area contributed by atoms with Gasteiger partial charge in [0.25, 0.3) is 5.91 Å². The van der Waals surface area contributed by atoms with Crippen molar-refractivity contribution < 1.29 is 14.3 Å². The van der Waals surface area contributed by atoms with E-state index in [9.17, 15) is 9.59 Å². The van der Waals surface area contributed by atoms with E-state index >= 15 is 0 Å². The standard InChI is InChI=1S/C21H21N3O3S/c1-14-20(15(2)24(22-14)17-6-4-3-5-7-17)21(26)27-13-19(25)23-10-8-18-16(12-23)9-11-28-18/h3-7,9,11H,8,10,12-13H2,1-2H3. The summed E-state index contributed by atoms with van der Waals surface area (Å²) in [4.78, 5) is 28.2. The number of nitrogens with zero attached hydrogens (tertiary/aromatic N) is 3. The Balaban J connectivity index is 1.43. The Kier molecular flexibility index (Phi) is 5.00. The molecule has 0 bridgehead atoms. The first-order valence-electron chi connectivity index (χ1n) is 9.16. The molecular weight excluding hydrogens is 374 g/mol. The van der Waals surface area contributed by atoms with E-state index in [1.54, 1.807) is 27.8 Å². The highest BCUT2D eigenvalue weighted by molar-refractivity contribution is 7.10. The first kappa shape index (κ1) is 18.4. The number of hydrogen-bond acceptors (Lipinski definition) is 5. The van der Waals surface area contributed by atoms with E-state index in [4.69, 9.17) is 4.74 Å². The quantitative estimate of drug-likeness (QED) is 0.636. The molecule has 1 aliphatic heterocycles. The maximum Gasteiger partial charge on any atom is 0.342 e. The summed E-state index contributed by atoms with van der Waals surface area (Å²) in [6.07, 6.45) is 0.856. The lowest BCUT2D eigenvalue weighted by Gasteiger charge is -2.26. The van der Waals surface area contributed by atoms with Gasteiger partial charge in [0.2, 0.25) is 0 Å². The van der Waals surface area contributed by atoms with Crippen LogP contribution in [-0.2, 0) is 22.5 Å². The molecule has 28 heavy (non-hydrogen) atoms. The van der Waals surface area contributed by atoms with Gasteiger partial charge in [0.05, 0.1) is 17.1 Å². The molecule has 6 nitrogen and oxygen atoms in total. The minimum atomic E-state index is -0.515. The largest absolute Gasteiger partial charge is 0.452 e. The summed E-state index contributed by atoms with van der Waals surface area (Å²) in [6.45, 7) is 4.59. The number of aromatic nitrogens is 2. The lowest BCUT2D eigenvalue weighted by Crippen LogP contribution is -2.38. The molecule has 3 heterocycles. The van der Waals surface area contributed by atoms with Crippen LogP contribution in [-0.4, -0.2) is 39.7 Å². The van der Waals surface area contributed by atoms with Gasteiger partial charge in [0.15, 0.2) is 6.61 Å². The summed E-state index contributed by atoms with van der Waals surface area (Å²) in [5.74, 6) is -0.685. The van der Waals surface area contributed by atoms with Crippen LogP contribution in [0.5, 0.6) is 0 Å². The van der Waals surface area contributed by atoms with Gasteiger partial charge in [-0.3, -0.25) is 4.79 Å². The molecule has 0 fully saturated rings. The molecule has 2 aromatic heterocycles. The maximum absolute atomic E-state index is 12.6. The normalized spacial score (nSPS) is 13.3. The molecule has 144 valence electrons. The topological polar surface area (TPSA) is 64.4 Å². The monoisotopic (exact) mass is 395 g/mol. The van der Waals surface area contributed by atoms with Crippen molar-refractivity contribution in [2.45, 2.75) is 26.8 Å². The molecule has 0 saturated carbocycles. The van der Waals surface area contributed by atoms with Crippen LogP contribution in [0.4, 0.5) is 0 Å². The van der Waals surface area contributed by atoms with E-state index < -0.39 is 5.97 Å². The highest BCUT2D eigenvalue weighted by Crippen LogP contribution is 2.24. The lowest BCUT2D eigenvalue weighted by molar-refractivity contribution is -0.135. The number of aryl methyl sites for hydroxylation is 1. The number of ether oxygens (including phenoxy) is 1. The number of rotatable bonds is 4. The molecule has 0 saturated heterocycles. The summed E-state index contributed by atoms with van der Waals surface area (Å²) in [5.41, 5.74) is 3.75. The SMILES string of the molecule is Cc1nn(-c2ccccc2)c(C)c1C(=O)OCC(=O)N1CCc2sccc2C1. The molecule has 0 N–H and O–H groups in total. The molecule has 0 radical (unpaired) electrons. The summed E-state index contributed by atoms with van der Waals surface area (Å²) in [5, 5.41) is 6.51. The third kappa shape index (κ3) is 3.45. The zero-order valence-electron chi connectivity index (χ0n) is 15.8. The van der Waals surface area contributed by atoms with Gasteiger partial charge in [0.1, 0.15) is 5.56 Å². The lowest BCUT2D eigenvalue weighted by atomic mass is 10.1. The van der Waals surface area contributed by atoms with E-state index in [-0.39, 0.29) is 12.5 Å². The second kappa shape index (κ2) is 7.59. The first-order valence-corrected chi connectivity index (χ1v) is 10.0. The number of thiophene rings is 1. The fourth-order valence-corrected chi connectivity index (χ4v) is 4.40. The third-order valence-corrected chi connectivity index (χ3v) is 6.01. The fourth-order valence-electron chi connectivity index (χ4n) is 3.51. The second-order valence-corrected chi connectivity index (χ2v) is 7.80. The zero-order chi connectivity index (χ0) is 19.7. The molecule has 0 spiro atoms. The predicted octanol–water partition coefficient (Wildman–Crippen LogP) is 3.29. The first-order chi connectivity index (χ1) is 13.5. The van der Waals surface area contributed by atoms with Crippen LogP contribution < -0.4 is 0 Å². The molecule has 1 aliphatic rings. The van der Waals surface area contributed by atoms with Crippen LogP contribution in [0, 0.1) is 13.8 Å². The molecule has 1 aromatic carbocycles. The Labute approximate surface area is 167 Å². The Hall–Kier alpha value is -2.93. The minimum Gasteiger partial charge on any atom is -0.452 e. The molecular formula is C21H21N3O3S. The van der Waals surface area contributed by atoms with Gasteiger partial charge in [-0.2, -0.15) is 5.10 Å². The van der Waals surface area contributed by atoms with Gasteiger partial charge in [-0.25, -0.2) is 9.48 Å². The molecule has 3 aromatic rings. The molecule has 7 heteroatoms. The van der Waals surface area contributed by atoms with E-state index in [0.29, 0.717) is 30.0 Å². The van der Waals surface area contributed by atoms with Crippen molar-refractivity contribution in [1.29, 1.82) is 0 Å². The van der Waals surface area contributed by atoms with E-state index in [1.165, 1.54) is 10.4 Å². The number of benzene rings is 1. The molecule has 4 rings (SSSR count). The average Bonchev–Trinajstić information content (AvgIpc) is 3.29. The van der Waals surface area contributed by atoms with Crippen LogP contribution in [0.1, 0.15) is 32.2 Å². The number of para-hydroxylation sites is 1. The van der Waals surface area contributed by atoms with E-state index in [2.05, 4.69) is 16.5 Å². The van der Waals surface area contributed by atoms with Crippen LogP contribution in [0.15, 0.2) is 41.8 Å². The highest BCUT2D eigenvalue weighted by Gasteiger charge is 2.25. The maximum atomic E-state index is 12.6. The molecule has 0 atom stereocenters. The van der Waals surface area contributed by atoms with Crippen molar-refractivity contribution in [2.75, 3.05) is 13.2 Å². The van der Waals surface area contributed by atoms with Crippen molar-refractivity contribution in [2.24, 2.45) is 0 Å². The minimum absolute atomic E-state index is 0.170. The van der Waals surface area contributed by atoms with Gasteiger partial charge in [-0.1, -0.05) is 18.2 Å². The number of hydrogen-bond donors (Lipinski definition) is 0. The summed E-state index contributed by atoms with van der Waals surface area (Å²) in [7, 11) is 0. The second-order valence-electron chi connectivity index (χ2n) is 6.80. The van der Waals surface area contributed by atoms with Crippen molar-refractivity contribution in [3.05, 3.63) is 69.2 Å². The van der Waals surface area contributed by atoms with Gasteiger partial charge in [-0.15, -0.1) is 11.3 Å². The van der Waals surface area contributed by atoms with Crippen molar-refractivity contribution in [3.8, 4) is 5.69 Å². The number of carbonyl (C=O) groups excluding carboxylic acids is 2. The highest BCUT2D eigenvalue weighted by atomic mass is 32.1. The average molecular weight is 395 g/mol. The summed E-state index contributed by atoms with van der Waals surface area (Å²) < 4.78 is 7.06. The van der Waals surface area contributed by atoms with Crippen LogP contribution in [0.2, 0.25) is 0 Å². The van der Waals surface area contributed by atoms with Crippen LogP contribution in [0.3, 0.4) is 0 Å². The zero-order valence-corrected chi connectivity index (χ0v) is 16.7. The van der Waals surface area contributed by atoms with Gasteiger partial charge in [-0.05, 0) is 49.4 Å². The van der Waals surface area contributed by atoms with Crippen LogP contribution >= 0.6 is 11.3 Å². The van der Waals surface area contributed by atoms with Gasteiger partial charge in [0, 0.05) is 18.0 Å². The Morgan fingerprint density at radius 2 is 1.96 bits per heavy atom. The smallest absolute Gasteiger partial charge is 0.342 e. The fraction of sp³-hybridized carbons (Fsp3) is 0.286. The molecule has 0 unspecified atom stereocenters. The van der Waals surface area contributed by atoms with E-state index in [0.717, 1.165) is 12.1 Å². The van der Waals surface area contributed by atoms with Crippen LogP contribution in [0.25, 0.3) is 5.69 Å². The van der Waals surface area contributed by atoms with Gasteiger partial charge >= 0.3 is 5.97 Å². The molecule has 0 aliphatic carbocycles. The van der Waals surface area contributed by atoms with E-state index in [1.807, 2.05) is 37.3 Å². The number of amides is 1. The number of esters is 1. The summed E-state index contributed by atoms with van der Waals surface area (Å²) >= 11 is 1.73. The third-order valence-electron chi connectivity index (χ3n) is 4.98. The van der Waals surface area contributed by atoms with Crippen molar-refractivity contribution in [1.82, 2.24) is 14.7 Å². The Morgan fingerprint density at radius 3 is 2.75 bits per heavy atom. The Morgan fingerprint density at radius 1 is 1.18 bits per heavy atom. The summed E-state index contributed by atoms with van der Waals surface area (Å²) in [6, 6.07) is 11.7. The number of carbonyl (C=O) groups is 2. The predicted molar refractivity (Wildman–Crippen MR) is 107 cm³/mol. The van der Waals surface area contributed by atoms with Gasteiger partial charge < -0.3 is 9.64 Å².